The number of carbonyl (C=O) groups excluding carboxylic acids is 2. The molecule has 5 heteroatoms. The van der Waals surface area contributed by atoms with Crippen LogP contribution in [-0.4, -0.2) is 49.1 Å². The van der Waals surface area contributed by atoms with E-state index in [1.165, 1.54) is 0 Å². The molecular formula is C16H32N2O3. The van der Waals surface area contributed by atoms with Crippen LogP contribution >= 0.6 is 0 Å². The van der Waals surface area contributed by atoms with Gasteiger partial charge in [0.05, 0.1) is 19.7 Å². The number of nitrogens with zero attached hydrogens (tertiary/aromatic N) is 1. The highest BCUT2D eigenvalue weighted by Crippen LogP contribution is 2.06. The predicted molar refractivity (Wildman–Crippen MR) is 85.0 cm³/mol. The SMILES string of the molecule is CCCN(CC(=O)NC(C)CCC(C)C)CC(=O)OCC. The summed E-state index contributed by atoms with van der Waals surface area (Å²) in [4.78, 5) is 25.4. The van der Waals surface area contributed by atoms with Gasteiger partial charge in [-0.3, -0.25) is 14.5 Å². The second-order valence-corrected chi connectivity index (χ2v) is 5.96. The molecular weight excluding hydrogens is 268 g/mol. The number of rotatable bonds is 11. The lowest BCUT2D eigenvalue weighted by Gasteiger charge is -2.22. The Bertz CT molecular complexity index is 306. The first-order chi connectivity index (χ1) is 9.88. The summed E-state index contributed by atoms with van der Waals surface area (Å²) in [6.45, 7) is 11.7. The number of nitrogens with one attached hydrogen (secondary N) is 1. The molecule has 1 unspecified atom stereocenters. The van der Waals surface area contributed by atoms with Crippen LogP contribution in [0.2, 0.25) is 0 Å². The van der Waals surface area contributed by atoms with Gasteiger partial charge in [0.2, 0.25) is 5.91 Å². The van der Waals surface area contributed by atoms with E-state index in [0.29, 0.717) is 19.1 Å². The molecule has 0 aromatic heterocycles. The van der Waals surface area contributed by atoms with Crippen molar-refractivity contribution in [3.8, 4) is 0 Å². The van der Waals surface area contributed by atoms with Gasteiger partial charge in [0.1, 0.15) is 0 Å². The molecule has 0 saturated carbocycles. The van der Waals surface area contributed by atoms with Gasteiger partial charge in [-0.25, -0.2) is 0 Å². The number of hydrogen-bond donors (Lipinski definition) is 1. The van der Waals surface area contributed by atoms with Crippen molar-refractivity contribution in [2.24, 2.45) is 5.92 Å². The molecule has 0 radical (unpaired) electrons. The van der Waals surface area contributed by atoms with E-state index >= 15 is 0 Å². The normalized spacial score (nSPS) is 12.5. The van der Waals surface area contributed by atoms with Gasteiger partial charge in [0.15, 0.2) is 0 Å². The summed E-state index contributed by atoms with van der Waals surface area (Å²) < 4.78 is 4.93. The van der Waals surface area contributed by atoms with Crippen molar-refractivity contribution < 1.29 is 14.3 Å². The van der Waals surface area contributed by atoms with Crippen LogP contribution in [0.4, 0.5) is 0 Å². The largest absolute Gasteiger partial charge is 0.465 e. The van der Waals surface area contributed by atoms with Crippen molar-refractivity contribution in [1.29, 1.82) is 0 Å². The van der Waals surface area contributed by atoms with Crippen molar-refractivity contribution in [2.75, 3.05) is 26.2 Å². The van der Waals surface area contributed by atoms with Crippen molar-refractivity contribution >= 4 is 11.9 Å². The third-order valence-electron chi connectivity index (χ3n) is 3.15. The Labute approximate surface area is 129 Å². The van der Waals surface area contributed by atoms with E-state index in [1.807, 2.05) is 18.7 Å². The maximum atomic E-state index is 12.0. The van der Waals surface area contributed by atoms with E-state index in [9.17, 15) is 9.59 Å². The van der Waals surface area contributed by atoms with E-state index in [1.54, 1.807) is 6.92 Å². The van der Waals surface area contributed by atoms with E-state index in [4.69, 9.17) is 4.74 Å². The van der Waals surface area contributed by atoms with Gasteiger partial charge in [-0.15, -0.1) is 0 Å². The molecule has 0 aromatic rings. The number of esters is 1. The maximum absolute atomic E-state index is 12.0. The van der Waals surface area contributed by atoms with Crippen LogP contribution in [0.25, 0.3) is 0 Å². The van der Waals surface area contributed by atoms with Crippen LogP contribution in [0.1, 0.15) is 53.9 Å². The zero-order chi connectivity index (χ0) is 16.3. The summed E-state index contributed by atoms with van der Waals surface area (Å²) >= 11 is 0. The number of carbonyl (C=O) groups is 2. The highest BCUT2D eigenvalue weighted by molar-refractivity contribution is 5.79. The van der Waals surface area contributed by atoms with Crippen LogP contribution in [0.3, 0.4) is 0 Å². The molecule has 124 valence electrons. The third kappa shape index (κ3) is 11.3. The Balaban J connectivity index is 4.18. The fourth-order valence-electron chi connectivity index (χ4n) is 2.10. The van der Waals surface area contributed by atoms with E-state index in [0.717, 1.165) is 19.3 Å². The molecule has 0 aliphatic carbocycles. The molecule has 0 heterocycles. The minimum Gasteiger partial charge on any atom is -0.465 e. The summed E-state index contributed by atoms with van der Waals surface area (Å²) in [5, 5.41) is 3.00. The van der Waals surface area contributed by atoms with Crippen LogP contribution in [0.5, 0.6) is 0 Å². The van der Waals surface area contributed by atoms with Gasteiger partial charge in [-0.05, 0) is 45.6 Å². The lowest BCUT2D eigenvalue weighted by Crippen LogP contribution is -2.43. The fourth-order valence-corrected chi connectivity index (χ4v) is 2.10. The zero-order valence-corrected chi connectivity index (χ0v) is 14.3. The molecule has 0 bridgehead atoms. The number of hydrogen-bond acceptors (Lipinski definition) is 4. The molecule has 1 N–H and O–H groups in total. The molecule has 1 amide bonds. The van der Waals surface area contributed by atoms with E-state index in [2.05, 4.69) is 19.2 Å². The van der Waals surface area contributed by atoms with Crippen LogP contribution in [-0.2, 0) is 14.3 Å². The van der Waals surface area contributed by atoms with Gasteiger partial charge in [0.25, 0.3) is 0 Å². The first-order valence-electron chi connectivity index (χ1n) is 8.06. The van der Waals surface area contributed by atoms with Gasteiger partial charge in [0, 0.05) is 6.04 Å². The molecule has 0 spiro atoms. The molecule has 0 rings (SSSR count). The predicted octanol–water partition coefficient (Wildman–Crippen LogP) is 2.20. The van der Waals surface area contributed by atoms with Crippen LogP contribution < -0.4 is 5.32 Å². The molecule has 21 heavy (non-hydrogen) atoms. The molecule has 5 nitrogen and oxygen atoms in total. The maximum Gasteiger partial charge on any atom is 0.320 e. The second-order valence-electron chi connectivity index (χ2n) is 5.96. The Morgan fingerprint density at radius 1 is 1.10 bits per heavy atom. The molecule has 1 atom stereocenters. The summed E-state index contributed by atoms with van der Waals surface area (Å²) in [7, 11) is 0. The average Bonchev–Trinajstić information content (AvgIpc) is 2.36. The quantitative estimate of drug-likeness (QED) is 0.594. The molecule has 0 saturated heterocycles. The lowest BCUT2D eigenvalue weighted by atomic mass is 10.0. The lowest BCUT2D eigenvalue weighted by molar-refractivity contribution is -0.144. The molecule has 0 aliphatic rings. The van der Waals surface area contributed by atoms with Gasteiger partial charge >= 0.3 is 5.97 Å². The van der Waals surface area contributed by atoms with E-state index < -0.39 is 0 Å². The monoisotopic (exact) mass is 300 g/mol. The van der Waals surface area contributed by atoms with Crippen molar-refractivity contribution in [1.82, 2.24) is 10.2 Å². The van der Waals surface area contributed by atoms with Gasteiger partial charge < -0.3 is 10.1 Å². The first kappa shape index (κ1) is 19.9. The highest BCUT2D eigenvalue weighted by atomic mass is 16.5. The highest BCUT2D eigenvalue weighted by Gasteiger charge is 2.16. The summed E-state index contributed by atoms with van der Waals surface area (Å²) in [6.07, 6.45) is 2.98. The van der Waals surface area contributed by atoms with Crippen molar-refractivity contribution in [2.45, 2.75) is 59.9 Å². The van der Waals surface area contributed by atoms with Crippen molar-refractivity contribution in [3.63, 3.8) is 0 Å². The van der Waals surface area contributed by atoms with Crippen LogP contribution in [0.15, 0.2) is 0 Å². The van der Waals surface area contributed by atoms with Crippen molar-refractivity contribution in [3.05, 3.63) is 0 Å². The molecule has 0 aliphatic heterocycles. The fraction of sp³-hybridized carbons (Fsp3) is 0.875. The minimum absolute atomic E-state index is 0.0241. The first-order valence-corrected chi connectivity index (χ1v) is 8.06. The van der Waals surface area contributed by atoms with Gasteiger partial charge in [-0.1, -0.05) is 20.8 Å². The topological polar surface area (TPSA) is 58.6 Å². The number of amides is 1. The molecule has 0 aromatic carbocycles. The molecule has 0 fully saturated rings. The minimum atomic E-state index is -0.272. The summed E-state index contributed by atoms with van der Waals surface area (Å²) in [5.74, 6) is 0.348. The van der Waals surface area contributed by atoms with Gasteiger partial charge in [-0.2, -0.15) is 0 Å². The number of ether oxygens (including phenoxy) is 1. The summed E-state index contributed by atoms with van der Waals surface area (Å²) in [6, 6.07) is 0.172. The third-order valence-corrected chi connectivity index (χ3v) is 3.15. The zero-order valence-electron chi connectivity index (χ0n) is 14.3. The van der Waals surface area contributed by atoms with Crippen LogP contribution in [0, 0.1) is 5.92 Å². The van der Waals surface area contributed by atoms with E-state index in [-0.39, 0.29) is 31.0 Å². The summed E-state index contributed by atoms with van der Waals surface area (Å²) in [5.41, 5.74) is 0. The Hall–Kier alpha value is -1.10. The average molecular weight is 300 g/mol. The second kappa shape index (κ2) is 11.5. The standard InChI is InChI=1S/C16H32N2O3/c1-6-10-18(12-16(20)21-7-2)11-15(19)17-14(5)9-8-13(3)4/h13-14H,6-12H2,1-5H3,(H,17,19). The smallest absolute Gasteiger partial charge is 0.320 e. The Morgan fingerprint density at radius 3 is 2.29 bits per heavy atom. The Kier molecular flexibility index (Phi) is 10.9. The Morgan fingerprint density at radius 2 is 1.76 bits per heavy atom.